The molecule has 4 heteroatoms. The summed E-state index contributed by atoms with van der Waals surface area (Å²) in [7, 11) is 0. The number of alkyl halides is 1. The van der Waals surface area contributed by atoms with E-state index in [-0.39, 0.29) is 5.38 Å². The van der Waals surface area contributed by atoms with Crippen molar-refractivity contribution in [3.05, 3.63) is 62.1 Å². The summed E-state index contributed by atoms with van der Waals surface area (Å²) in [6, 6.07) is 10.0. The molecule has 1 nitrogen and oxygen atoms in total. The van der Waals surface area contributed by atoms with Crippen molar-refractivity contribution < 1.29 is 4.74 Å². The summed E-state index contributed by atoms with van der Waals surface area (Å²) in [4.78, 5) is 0. The molecule has 2 aromatic carbocycles. The Morgan fingerprint density at radius 1 is 1.25 bits per heavy atom. The Kier molecular flexibility index (Phi) is 3.98. The summed E-state index contributed by atoms with van der Waals surface area (Å²) in [5.41, 5.74) is 4.12. The number of aryl methyl sites for hydroxylation is 1. The second kappa shape index (κ2) is 5.59. The monoisotopic (exact) mass is 370 g/mol. The highest BCUT2D eigenvalue weighted by atomic mass is 79.9. The molecule has 1 unspecified atom stereocenters. The maximum atomic E-state index is 6.68. The Hall–Kier alpha value is -0.700. The third-order valence-corrected chi connectivity index (χ3v) is 4.99. The molecular weight excluding hydrogens is 359 g/mol. The summed E-state index contributed by atoms with van der Waals surface area (Å²) < 4.78 is 6.77. The lowest BCUT2D eigenvalue weighted by molar-refractivity contribution is 0.353. The molecule has 1 atom stereocenters. The van der Waals surface area contributed by atoms with Gasteiger partial charge in [-0.1, -0.05) is 45.7 Å². The maximum Gasteiger partial charge on any atom is 0.127 e. The highest BCUT2D eigenvalue weighted by molar-refractivity contribution is 9.10. The normalized spacial score (nSPS) is 14.8. The molecular formula is C16H13BrCl2O. The van der Waals surface area contributed by atoms with Crippen LogP contribution in [0.25, 0.3) is 0 Å². The topological polar surface area (TPSA) is 9.23 Å². The van der Waals surface area contributed by atoms with E-state index < -0.39 is 0 Å². The summed E-state index contributed by atoms with van der Waals surface area (Å²) in [6.45, 7) is 2.70. The van der Waals surface area contributed by atoms with Gasteiger partial charge in [0.1, 0.15) is 5.75 Å². The molecule has 0 radical (unpaired) electrons. The average Bonchev–Trinajstić information content (AvgIpc) is 2.88. The predicted octanol–water partition coefficient (Wildman–Crippen LogP) is 5.67. The lowest BCUT2D eigenvalue weighted by Crippen LogP contribution is -1.99. The fourth-order valence-corrected chi connectivity index (χ4v) is 3.68. The van der Waals surface area contributed by atoms with Crippen LogP contribution in [-0.4, -0.2) is 6.61 Å². The zero-order valence-electron chi connectivity index (χ0n) is 10.9. The van der Waals surface area contributed by atoms with Gasteiger partial charge in [-0.2, -0.15) is 0 Å². The smallest absolute Gasteiger partial charge is 0.127 e. The molecule has 0 spiro atoms. The van der Waals surface area contributed by atoms with Crippen molar-refractivity contribution in [2.45, 2.75) is 18.7 Å². The van der Waals surface area contributed by atoms with E-state index >= 15 is 0 Å². The first-order valence-corrected chi connectivity index (χ1v) is 8.03. The quantitative estimate of drug-likeness (QED) is 0.617. The minimum atomic E-state index is -0.313. The first kappa shape index (κ1) is 14.2. The Labute approximate surface area is 137 Å². The van der Waals surface area contributed by atoms with Crippen LogP contribution >= 0.6 is 39.1 Å². The summed E-state index contributed by atoms with van der Waals surface area (Å²) in [6.07, 6.45) is 0.924. The molecule has 0 saturated carbocycles. The zero-order valence-corrected chi connectivity index (χ0v) is 14.0. The van der Waals surface area contributed by atoms with Crippen LogP contribution in [0.4, 0.5) is 0 Å². The van der Waals surface area contributed by atoms with Crippen molar-refractivity contribution in [3.63, 3.8) is 0 Å². The van der Waals surface area contributed by atoms with Gasteiger partial charge in [-0.3, -0.25) is 0 Å². The van der Waals surface area contributed by atoms with Gasteiger partial charge in [-0.25, -0.2) is 0 Å². The molecule has 0 N–H and O–H groups in total. The molecule has 0 amide bonds. The van der Waals surface area contributed by atoms with E-state index in [1.165, 1.54) is 5.56 Å². The molecule has 1 aliphatic rings. The first-order valence-electron chi connectivity index (χ1n) is 6.42. The molecule has 1 aliphatic heterocycles. The lowest BCUT2D eigenvalue weighted by atomic mass is 9.99. The summed E-state index contributed by atoms with van der Waals surface area (Å²) in [5, 5.41) is 0.408. The van der Waals surface area contributed by atoms with Crippen LogP contribution < -0.4 is 4.74 Å². The van der Waals surface area contributed by atoms with Crippen LogP contribution in [0.3, 0.4) is 0 Å². The van der Waals surface area contributed by atoms with Gasteiger partial charge >= 0.3 is 0 Å². The highest BCUT2D eigenvalue weighted by Gasteiger charge is 2.24. The van der Waals surface area contributed by atoms with E-state index in [0.29, 0.717) is 6.61 Å². The van der Waals surface area contributed by atoms with Gasteiger partial charge in [0.2, 0.25) is 0 Å². The third kappa shape index (κ3) is 2.45. The highest BCUT2D eigenvalue weighted by Crippen LogP contribution is 2.43. The number of hydrogen-bond donors (Lipinski definition) is 0. The molecule has 0 bridgehead atoms. The van der Waals surface area contributed by atoms with Crippen molar-refractivity contribution >= 4 is 39.1 Å². The van der Waals surface area contributed by atoms with Crippen LogP contribution in [0.5, 0.6) is 5.75 Å². The van der Waals surface area contributed by atoms with Crippen molar-refractivity contribution in [1.82, 2.24) is 0 Å². The number of hydrogen-bond acceptors (Lipinski definition) is 1. The molecule has 1 heterocycles. The van der Waals surface area contributed by atoms with E-state index in [0.717, 1.165) is 38.4 Å². The maximum absolute atomic E-state index is 6.68. The second-order valence-corrected chi connectivity index (χ2v) is 6.65. The number of halogens is 3. The number of benzene rings is 2. The van der Waals surface area contributed by atoms with Crippen LogP contribution in [0.1, 0.15) is 27.6 Å². The molecule has 3 rings (SSSR count). The molecule has 0 saturated heterocycles. The standard InChI is InChI=1S/C16H13BrCl2O/c1-9-3-2-4-12(14(9)18)15(19)13-8-11(17)7-10-5-6-20-16(10)13/h2-4,7-8,15H,5-6H2,1H3. The fraction of sp³-hybridized carbons (Fsp3) is 0.250. The molecule has 2 aromatic rings. The Balaban J connectivity index is 2.11. The van der Waals surface area contributed by atoms with Gasteiger partial charge in [-0.05, 0) is 35.7 Å². The summed E-state index contributed by atoms with van der Waals surface area (Å²) >= 11 is 16.6. The second-order valence-electron chi connectivity index (χ2n) is 4.92. The Morgan fingerprint density at radius 3 is 2.85 bits per heavy atom. The van der Waals surface area contributed by atoms with Crippen LogP contribution in [0, 0.1) is 6.92 Å². The molecule has 104 valence electrons. The first-order chi connectivity index (χ1) is 9.58. The molecule has 20 heavy (non-hydrogen) atoms. The zero-order chi connectivity index (χ0) is 14.3. The van der Waals surface area contributed by atoms with Crippen molar-refractivity contribution in [2.75, 3.05) is 6.61 Å². The lowest BCUT2D eigenvalue weighted by Gasteiger charge is -2.17. The van der Waals surface area contributed by atoms with Gasteiger partial charge in [0.15, 0.2) is 0 Å². The van der Waals surface area contributed by atoms with E-state index in [4.69, 9.17) is 27.9 Å². The predicted molar refractivity (Wildman–Crippen MR) is 87.2 cm³/mol. The number of ether oxygens (including phenoxy) is 1. The van der Waals surface area contributed by atoms with E-state index in [1.54, 1.807) is 0 Å². The van der Waals surface area contributed by atoms with Crippen LogP contribution in [0.15, 0.2) is 34.8 Å². The third-order valence-electron chi connectivity index (χ3n) is 3.54. The molecule has 0 fully saturated rings. The Morgan fingerprint density at radius 2 is 2.05 bits per heavy atom. The fourth-order valence-electron chi connectivity index (χ4n) is 2.52. The van der Waals surface area contributed by atoms with Crippen LogP contribution in [-0.2, 0) is 6.42 Å². The van der Waals surface area contributed by atoms with Gasteiger partial charge in [-0.15, -0.1) is 11.6 Å². The number of fused-ring (bicyclic) bond motifs is 1. The van der Waals surface area contributed by atoms with E-state index in [9.17, 15) is 0 Å². The minimum Gasteiger partial charge on any atom is -0.493 e. The molecule has 0 aromatic heterocycles. The van der Waals surface area contributed by atoms with E-state index in [1.807, 2.05) is 31.2 Å². The van der Waals surface area contributed by atoms with Crippen molar-refractivity contribution in [1.29, 1.82) is 0 Å². The van der Waals surface area contributed by atoms with E-state index in [2.05, 4.69) is 22.0 Å². The van der Waals surface area contributed by atoms with Gasteiger partial charge in [0.05, 0.1) is 12.0 Å². The Bertz CT molecular complexity index is 670. The van der Waals surface area contributed by atoms with Crippen molar-refractivity contribution in [3.8, 4) is 5.75 Å². The molecule has 0 aliphatic carbocycles. The largest absolute Gasteiger partial charge is 0.493 e. The number of rotatable bonds is 2. The SMILES string of the molecule is Cc1cccc(C(Cl)c2cc(Br)cc3c2OCC3)c1Cl. The van der Waals surface area contributed by atoms with Crippen LogP contribution in [0.2, 0.25) is 5.02 Å². The minimum absolute atomic E-state index is 0.313. The van der Waals surface area contributed by atoms with Crippen molar-refractivity contribution in [2.24, 2.45) is 0 Å². The van der Waals surface area contributed by atoms with Gasteiger partial charge in [0.25, 0.3) is 0 Å². The summed E-state index contributed by atoms with van der Waals surface area (Å²) in [5.74, 6) is 0.908. The van der Waals surface area contributed by atoms with Gasteiger partial charge < -0.3 is 4.74 Å². The average molecular weight is 372 g/mol. The van der Waals surface area contributed by atoms with Gasteiger partial charge in [0, 0.05) is 21.5 Å².